The molecule has 0 heterocycles. The zero-order valence-electron chi connectivity index (χ0n) is 8.76. The van der Waals surface area contributed by atoms with E-state index in [0.29, 0.717) is 6.04 Å². The Hall–Kier alpha value is -0.0900. The number of nitrogens with two attached hydrogens (primary N) is 1. The van der Waals surface area contributed by atoms with Crippen LogP contribution in [0.15, 0.2) is 22.7 Å². The monoisotopic (exact) mass is 290 g/mol. The minimum atomic E-state index is 0.449. The molecule has 1 aromatic rings. The van der Waals surface area contributed by atoms with Crippen LogP contribution in [0.25, 0.3) is 0 Å². The molecule has 0 aliphatic rings. The lowest BCUT2D eigenvalue weighted by Gasteiger charge is -2.12. The molecule has 0 radical (unpaired) electrons. The van der Waals surface area contributed by atoms with Crippen LogP contribution >= 0.6 is 27.5 Å². The van der Waals surface area contributed by atoms with Crippen molar-refractivity contribution in [1.82, 2.24) is 5.32 Å². The summed E-state index contributed by atoms with van der Waals surface area (Å²) in [7, 11) is 0. The SMILES string of the molecule is CC(CCN)NCc1ccc(Cl)c(Br)c1. The normalized spacial score (nSPS) is 12.8. The summed E-state index contributed by atoms with van der Waals surface area (Å²) in [6.07, 6.45) is 0.995. The van der Waals surface area contributed by atoms with Crippen molar-refractivity contribution in [2.75, 3.05) is 6.54 Å². The molecular formula is C11H16BrClN2. The molecule has 3 N–H and O–H groups in total. The van der Waals surface area contributed by atoms with Gasteiger partial charge in [0.2, 0.25) is 0 Å². The van der Waals surface area contributed by atoms with Gasteiger partial charge in [-0.1, -0.05) is 17.7 Å². The first-order valence-corrected chi connectivity index (χ1v) is 6.18. The van der Waals surface area contributed by atoms with Crippen molar-refractivity contribution in [3.05, 3.63) is 33.3 Å². The van der Waals surface area contributed by atoms with E-state index in [-0.39, 0.29) is 0 Å². The van der Waals surface area contributed by atoms with E-state index in [1.807, 2.05) is 18.2 Å². The summed E-state index contributed by atoms with van der Waals surface area (Å²) in [4.78, 5) is 0. The molecule has 1 atom stereocenters. The molecule has 0 amide bonds. The molecule has 1 aromatic carbocycles. The Balaban J connectivity index is 2.47. The van der Waals surface area contributed by atoms with Crippen LogP contribution in [0, 0.1) is 0 Å². The Kier molecular flexibility index (Phi) is 5.61. The highest BCUT2D eigenvalue weighted by Gasteiger charge is 2.02. The third-order valence-corrected chi connectivity index (χ3v) is 3.45. The molecule has 0 aromatic heterocycles. The van der Waals surface area contributed by atoms with Crippen LogP contribution in [-0.4, -0.2) is 12.6 Å². The summed E-state index contributed by atoms with van der Waals surface area (Å²) in [5.74, 6) is 0. The molecular weight excluding hydrogens is 275 g/mol. The highest BCUT2D eigenvalue weighted by molar-refractivity contribution is 9.10. The van der Waals surface area contributed by atoms with Gasteiger partial charge in [0.1, 0.15) is 0 Å². The van der Waals surface area contributed by atoms with Gasteiger partial charge in [0.05, 0.1) is 5.02 Å². The second-order valence-corrected chi connectivity index (χ2v) is 4.87. The van der Waals surface area contributed by atoms with Crippen molar-refractivity contribution >= 4 is 27.5 Å². The first kappa shape index (κ1) is 13.0. The summed E-state index contributed by atoms with van der Waals surface area (Å²) >= 11 is 9.31. The summed E-state index contributed by atoms with van der Waals surface area (Å²) in [6, 6.07) is 6.40. The predicted molar refractivity (Wildman–Crippen MR) is 69.1 cm³/mol. The smallest absolute Gasteiger partial charge is 0.0548 e. The van der Waals surface area contributed by atoms with Gasteiger partial charge in [-0.05, 0) is 53.5 Å². The minimum Gasteiger partial charge on any atom is -0.330 e. The van der Waals surface area contributed by atoms with E-state index in [4.69, 9.17) is 17.3 Å². The van der Waals surface area contributed by atoms with Gasteiger partial charge in [-0.25, -0.2) is 0 Å². The lowest BCUT2D eigenvalue weighted by Crippen LogP contribution is -2.27. The number of hydrogen-bond donors (Lipinski definition) is 2. The third kappa shape index (κ3) is 4.51. The fourth-order valence-electron chi connectivity index (χ4n) is 1.29. The molecule has 0 fully saturated rings. The molecule has 1 rings (SSSR count). The Bertz CT molecular complexity index is 317. The number of hydrogen-bond acceptors (Lipinski definition) is 2. The Morgan fingerprint density at radius 3 is 2.87 bits per heavy atom. The molecule has 0 spiro atoms. The van der Waals surface area contributed by atoms with Crippen molar-refractivity contribution in [2.24, 2.45) is 5.73 Å². The van der Waals surface area contributed by atoms with Crippen molar-refractivity contribution in [1.29, 1.82) is 0 Å². The molecule has 15 heavy (non-hydrogen) atoms. The quantitative estimate of drug-likeness (QED) is 0.875. The lowest BCUT2D eigenvalue weighted by atomic mass is 10.2. The average Bonchev–Trinajstić information content (AvgIpc) is 2.20. The second kappa shape index (κ2) is 6.48. The zero-order chi connectivity index (χ0) is 11.3. The summed E-state index contributed by atoms with van der Waals surface area (Å²) in [5.41, 5.74) is 6.70. The van der Waals surface area contributed by atoms with E-state index in [1.165, 1.54) is 5.56 Å². The molecule has 84 valence electrons. The molecule has 4 heteroatoms. The average molecular weight is 292 g/mol. The number of halogens is 2. The molecule has 0 aliphatic carbocycles. The van der Waals surface area contributed by atoms with E-state index in [9.17, 15) is 0 Å². The summed E-state index contributed by atoms with van der Waals surface area (Å²) < 4.78 is 0.940. The van der Waals surface area contributed by atoms with Crippen LogP contribution < -0.4 is 11.1 Å². The van der Waals surface area contributed by atoms with Crippen LogP contribution in [-0.2, 0) is 6.54 Å². The topological polar surface area (TPSA) is 38.0 Å². The lowest BCUT2D eigenvalue weighted by molar-refractivity contribution is 0.520. The number of benzene rings is 1. The number of nitrogens with one attached hydrogen (secondary N) is 1. The summed E-state index contributed by atoms with van der Waals surface area (Å²) in [6.45, 7) is 3.70. The second-order valence-electron chi connectivity index (χ2n) is 3.61. The van der Waals surface area contributed by atoms with Crippen molar-refractivity contribution in [3.63, 3.8) is 0 Å². The fourth-order valence-corrected chi connectivity index (χ4v) is 1.84. The molecule has 0 saturated heterocycles. The predicted octanol–water partition coefficient (Wildman–Crippen LogP) is 2.93. The van der Waals surface area contributed by atoms with Gasteiger partial charge >= 0.3 is 0 Å². The van der Waals surface area contributed by atoms with Gasteiger partial charge in [0.25, 0.3) is 0 Å². The highest BCUT2D eigenvalue weighted by Crippen LogP contribution is 2.23. The Morgan fingerprint density at radius 1 is 1.53 bits per heavy atom. The Labute approximate surface area is 104 Å². The van der Waals surface area contributed by atoms with Gasteiger partial charge in [-0.15, -0.1) is 0 Å². The van der Waals surface area contributed by atoms with Crippen LogP contribution in [0.5, 0.6) is 0 Å². The van der Waals surface area contributed by atoms with E-state index in [0.717, 1.165) is 29.0 Å². The van der Waals surface area contributed by atoms with Crippen molar-refractivity contribution in [2.45, 2.75) is 25.9 Å². The molecule has 0 aliphatic heterocycles. The van der Waals surface area contributed by atoms with Gasteiger partial charge in [0.15, 0.2) is 0 Å². The largest absolute Gasteiger partial charge is 0.330 e. The maximum Gasteiger partial charge on any atom is 0.0548 e. The minimum absolute atomic E-state index is 0.449. The first-order chi connectivity index (χ1) is 7.13. The van der Waals surface area contributed by atoms with Crippen molar-refractivity contribution in [3.8, 4) is 0 Å². The van der Waals surface area contributed by atoms with E-state index in [1.54, 1.807) is 0 Å². The molecule has 1 unspecified atom stereocenters. The highest BCUT2D eigenvalue weighted by atomic mass is 79.9. The summed E-state index contributed by atoms with van der Waals surface area (Å²) in [5, 5.41) is 4.15. The first-order valence-electron chi connectivity index (χ1n) is 5.01. The van der Waals surface area contributed by atoms with Crippen LogP contribution in [0.2, 0.25) is 5.02 Å². The third-order valence-electron chi connectivity index (χ3n) is 2.24. The molecule has 0 bridgehead atoms. The van der Waals surface area contributed by atoms with E-state index >= 15 is 0 Å². The van der Waals surface area contributed by atoms with Gasteiger partial charge in [0, 0.05) is 17.1 Å². The molecule has 2 nitrogen and oxygen atoms in total. The Morgan fingerprint density at radius 2 is 2.27 bits per heavy atom. The van der Waals surface area contributed by atoms with E-state index in [2.05, 4.69) is 28.2 Å². The standard InChI is InChI=1S/C11H16BrClN2/c1-8(4-5-14)15-7-9-2-3-11(13)10(12)6-9/h2-3,6,8,15H,4-5,7,14H2,1H3. The maximum absolute atomic E-state index is 5.91. The van der Waals surface area contributed by atoms with E-state index < -0.39 is 0 Å². The van der Waals surface area contributed by atoms with Gasteiger partial charge < -0.3 is 11.1 Å². The van der Waals surface area contributed by atoms with Crippen LogP contribution in [0.4, 0.5) is 0 Å². The van der Waals surface area contributed by atoms with Gasteiger partial charge in [-0.3, -0.25) is 0 Å². The van der Waals surface area contributed by atoms with Crippen molar-refractivity contribution < 1.29 is 0 Å². The van der Waals surface area contributed by atoms with Gasteiger partial charge in [-0.2, -0.15) is 0 Å². The number of rotatable bonds is 5. The fraction of sp³-hybridized carbons (Fsp3) is 0.455. The zero-order valence-corrected chi connectivity index (χ0v) is 11.1. The maximum atomic E-state index is 5.91. The molecule has 0 saturated carbocycles. The van der Waals surface area contributed by atoms with Crippen LogP contribution in [0.1, 0.15) is 18.9 Å². The van der Waals surface area contributed by atoms with Crippen LogP contribution in [0.3, 0.4) is 0 Å².